The fraction of sp³-hybridized carbons (Fsp3) is 0.625. The molecule has 0 amide bonds. The van der Waals surface area contributed by atoms with E-state index in [1.165, 1.54) is 0 Å². The van der Waals surface area contributed by atoms with E-state index < -0.39 is 0 Å². The summed E-state index contributed by atoms with van der Waals surface area (Å²) in [5, 5.41) is 0. The first kappa shape index (κ1) is 16.0. The minimum Gasteiger partial charge on any atom is -0.494 e. The first-order valence-corrected chi connectivity index (χ1v) is 7.26. The molecule has 0 aliphatic heterocycles. The molecule has 3 nitrogen and oxygen atoms in total. The summed E-state index contributed by atoms with van der Waals surface area (Å²) in [6.07, 6.45) is 1.78. The molecule has 2 N–H and O–H groups in total. The summed E-state index contributed by atoms with van der Waals surface area (Å²) in [4.78, 5) is 0. The summed E-state index contributed by atoms with van der Waals surface area (Å²) in [6, 6.07) is 7.81. The van der Waals surface area contributed by atoms with Crippen LogP contribution in [-0.4, -0.2) is 18.8 Å². The molecule has 0 bridgehead atoms. The van der Waals surface area contributed by atoms with Gasteiger partial charge in [-0.05, 0) is 32.8 Å². The van der Waals surface area contributed by atoms with Crippen molar-refractivity contribution in [1.29, 1.82) is 0 Å². The maximum atomic E-state index is 6.51. The molecule has 0 saturated heterocycles. The van der Waals surface area contributed by atoms with Gasteiger partial charge in [-0.15, -0.1) is 0 Å². The zero-order valence-corrected chi connectivity index (χ0v) is 12.6. The lowest BCUT2D eigenvalue weighted by Gasteiger charge is -2.38. The smallest absolute Gasteiger partial charge is 0.124 e. The summed E-state index contributed by atoms with van der Waals surface area (Å²) in [7, 11) is 0. The Bertz CT molecular complexity index is 375. The van der Waals surface area contributed by atoms with Crippen LogP contribution in [-0.2, 0) is 4.74 Å². The van der Waals surface area contributed by atoms with E-state index in [9.17, 15) is 0 Å². The molecular formula is C16H27NO2. The Kier molecular flexibility index (Phi) is 6.32. The van der Waals surface area contributed by atoms with Crippen molar-refractivity contribution in [3.05, 3.63) is 29.8 Å². The average Bonchev–Trinajstić information content (AvgIpc) is 2.45. The van der Waals surface area contributed by atoms with E-state index in [1.807, 2.05) is 38.1 Å². The van der Waals surface area contributed by atoms with Gasteiger partial charge in [-0.2, -0.15) is 0 Å². The lowest BCUT2D eigenvalue weighted by molar-refractivity contribution is -0.0649. The van der Waals surface area contributed by atoms with Gasteiger partial charge < -0.3 is 15.2 Å². The van der Waals surface area contributed by atoms with Crippen LogP contribution in [0.2, 0.25) is 0 Å². The van der Waals surface area contributed by atoms with Crippen LogP contribution in [0.4, 0.5) is 0 Å². The van der Waals surface area contributed by atoms with E-state index in [0.717, 1.165) is 24.2 Å². The molecule has 0 saturated carbocycles. The minimum atomic E-state index is -0.318. The van der Waals surface area contributed by atoms with Gasteiger partial charge in [0, 0.05) is 12.2 Å². The molecule has 3 heteroatoms. The summed E-state index contributed by atoms with van der Waals surface area (Å²) in [6.45, 7) is 9.57. The predicted octanol–water partition coefficient (Wildman–Crippen LogP) is 3.68. The van der Waals surface area contributed by atoms with Crippen LogP contribution >= 0.6 is 0 Å². The van der Waals surface area contributed by atoms with Gasteiger partial charge in [0.15, 0.2) is 0 Å². The summed E-state index contributed by atoms with van der Waals surface area (Å²) < 4.78 is 11.7. The van der Waals surface area contributed by atoms with Gasteiger partial charge in [-0.25, -0.2) is 0 Å². The van der Waals surface area contributed by atoms with Crippen molar-refractivity contribution in [1.82, 2.24) is 0 Å². The van der Waals surface area contributed by atoms with E-state index in [1.54, 1.807) is 0 Å². The van der Waals surface area contributed by atoms with Crippen molar-refractivity contribution in [3.63, 3.8) is 0 Å². The maximum absolute atomic E-state index is 6.51. The molecule has 0 spiro atoms. The molecule has 19 heavy (non-hydrogen) atoms. The second-order valence-electron chi connectivity index (χ2n) is 4.65. The summed E-state index contributed by atoms with van der Waals surface area (Å²) in [5.41, 5.74) is 7.22. The van der Waals surface area contributed by atoms with Crippen molar-refractivity contribution < 1.29 is 9.47 Å². The van der Waals surface area contributed by atoms with E-state index in [0.29, 0.717) is 13.2 Å². The highest BCUT2D eigenvalue weighted by atomic mass is 16.5. The van der Waals surface area contributed by atoms with Crippen LogP contribution in [0.3, 0.4) is 0 Å². The van der Waals surface area contributed by atoms with Gasteiger partial charge in [0.05, 0.1) is 18.2 Å². The molecule has 0 heterocycles. The summed E-state index contributed by atoms with van der Waals surface area (Å²) >= 11 is 0. The zero-order chi connectivity index (χ0) is 14.3. The van der Waals surface area contributed by atoms with E-state index in [-0.39, 0.29) is 11.6 Å². The molecule has 1 rings (SSSR count). The van der Waals surface area contributed by atoms with E-state index >= 15 is 0 Å². The molecule has 1 aromatic carbocycles. The van der Waals surface area contributed by atoms with E-state index in [4.69, 9.17) is 15.2 Å². The Labute approximate surface area is 117 Å². The lowest BCUT2D eigenvalue weighted by Crippen LogP contribution is -2.43. The molecular weight excluding hydrogens is 238 g/mol. The third kappa shape index (κ3) is 3.48. The van der Waals surface area contributed by atoms with E-state index in [2.05, 4.69) is 13.8 Å². The number of rotatable bonds is 8. The highest BCUT2D eigenvalue weighted by Gasteiger charge is 2.36. The summed E-state index contributed by atoms with van der Waals surface area (Å²) in [5.74, 6) is 0.864. The van der Waals surface area contributed by atoms with Crippen LogP contribution < -0.4 is 10.5 Å². The Morgan fingerprint density at radius 1 is 1.05 bits per heavy atom. The van der Waals surface area contributed by atoms with Gasteiger partial charge in [0.1, 0.15) is 5.75 Å². The Morgan fingerprint density at radius 3 is 2.21 bits per heavy atom. The first-order valence-electron chi connectivity index (χ1n) is 7.26. The standard InChI is InChI=1S/C16H27NO2/c1-5-16(6-2,19-8-4)15(17)13-11-9-10-12-14(13)18-7-3/h9-12,15H,5-8,17H2,1-4H3. The Hall–Kier alpha value is -1.06. The highest BCUT2D eigenvalue weighted by Crippen LogP contribution is 2.37. The number of hydrogen-bond acceptors (Lipinski definition) is 3. The lowest BCUT2D eigenvalue weighted by atomic mass is 9.84. The zero-order valence-electron chi connectivity index (χ0n) is 12.6. The monoisotopic (exact) mass is 265 g/mol. The predicted molar refractivity (Wildman–Crippen MR) is 79.5 cm³/mol. The molecule has 0 fully saturated rings. The van der Waals surface area contributed by atoms with Crippen LogP contribution in [0.25, 0.3) is 0 Å². The minimum absolute atomic E-state index is 0.176. The van der Waals surface area contributed by atoms with Crippen LogP contribution in [0.5, 0.6) is 5.75 Å². The van der Waals surface area contributed by atoms with Crippen molar-refractivity contribution in [2.75, 3.05) is 13.2 Å². The number of nitrogens with two attached hydrogens (primary N) is 1. The molecule has 1 unspecified atom stereocenters. The van der Waals surface area contributed by atoms with Crippen LogP contribution in [0.15, 0.2) is 24.3 Å². The van der Waals surface area contributed by atoms with Crippen molar-refractivity contribution in [3.8, 4) is 5.75 Å². The maximum Gasteiger partial charge on any atom is 0.124 e. The number of para-hydroxylation sites is 1. The van der Waals surface area contributed by atoms with Gasteiger partial charge in [0.25, 0.3) is 0 Å². The fourth-order valence-corrected chi connectivity index (χ4v) is 2.58. The second kappa shape index (κ2) is 7.51. The second-order valence-corrected chi connectivity index (χ2v) is 4.65. The number of benzene rings is 1. The van der Waals surface area contributed by atoms with Crippen LogP contribution in [0, 0.1) is 0 Å². The Balaban J connectivity index is 3.12. The molecule has 0 radical (unpaired) electrons. The normalized spacial score (nSPS) is 13.3. The van der Waals surface area contributed by atoms with Crippen molar-refractivity contribution in [2.24, 2.45) is 5.73 Å². The third-order valence-corrected chi connectivity index (χ3v) is 3.75. The number of ether oxygens (including phenoxy) is 2. The quantitative estimate of drug-likeness (QED) is 0.779. The fourth-order valence-electron chi connectivity index (χ4n) is 2.58. The Morgan fingerprint density at radius 2 is 1.68 bits per heavy atom. The molecule has 0 aliphatic carbocycles. The molecule has 0 aromatic heterocycles. The average molecular weight is 265 g/mol. The molecule has 1 aromatic rings. The van der Waals surface area contributed by atoms with Gasteiger partial charge in [0.2, 0.25) is 0 Å². The molecule has 108 valence electrons. The van der Waals surface area contributed by atoms with Crippen molar-refractivity contribution >= 4 is 0 Å². The van der Waals surface area contributed by atoms with Crippen molar-refractivity contribution in [2.45, 2.75) is 52.2 Å². The largest absolute Gasteiger partial charge is 0.494 e. The third-order valence-electron chi connectivity index (χ3n) is 3.75. The molecule has 1 atom stereocenters. The highest BCUT2D eigenvalue weighted by molar-refractivity contribution is 5.37. The van der Waals surface area contributed by atoms with Gasteiger partial charge in [-0.1, -0.05) is 32.0 Å². The number of hydrogen-bond donors (Lipinski definition) is 1. The van der Waals surface area contributed by atoms with Crippen LogP contribution in [0.1, 0.15) is 52.1 Å². The SMILES string of the molecule is CCOc1ccccc1C(N)C(CC)(CC)OCC. The topological polar surface area (TPSA) is 44.5 Å². The first-order chi connectivity index (χ1) is 9.15. The van der Waals surface area contributed by atoms with Gasteiger partial charge >= 0.3 is 0 Å². The molecule has 0 aliphatic rings. The van der Waals surface area contributed by atoms with Gasteiger partial charge in [-0.3, -0.25) is 0 Å².